The Morgan fingerprint density at radius 3 is 2.52 bits per heavy atom. The lowest BCUT2D eigenvalue weighted by Crippen LogP contribution is -2.37. The fraction of sp³-hybridized carbons (Fsp3) is 0.333. The largest absolute Gasteiger partial charge is 0.494 e. The lowest BCUT2D eigenvalue weighted by molar-refractivity contribution is -0.116. The van der Waals surface area contributed by atoms with Crippen molar-refractivity contribution in [2.24, 2.45) is 0 Å². The zero-order valence-electron chi connectivity index (χ0n) is 15.8. The molecule has 0 unspecified atom stereocenters. The normalized spacial score (nSPS) is 13.8. The number of nitrogens with one attached hydrogen (secondary N) is 1. The number of benzene rings is 2. The molecule has 6 heteroatoms. The van der Waals surface area contributed by atoms with Crippen LogP contribution in [0.25, 0.3) is 0 Å². The SMILES string of the molecule is CCOc1ccc(N2CCN(CC(=O)Nc3ccccc3CC)C2=O)cc1. The number of carbonyl (C=O) groups excluding carboxylic acids is 2. The summed E-state index contributed by atoms with van der Waals surface area (Å²) in [5, 5.41) is 2.92. The van der Waals surface area contributed by atoms with Crippen LogP contribution in [0.15, 0.2) is 48.5 Å². The van der Waals surface area contributed by atoms with Crippen LogP contribution in [0.3, 0.4) is 0 Å². The molecule has 1 aliphatic heterocycles. The Morgan fingerprint density at radius 2 is 1.81 bits per heavy atom. The third-order valence-corrected chi connectivity index (χ3v) is 4.56. The summed E-state index contributed by atoms with van der Waals surface area (Å²) >= 11 is 0. The minimum absolute atomic E-state index is 0.0460. The van der Waals surface area contributed by atoms with Gasteiger partial charge >= 0.3 is 6.03 Å². The highest BCUT2D eigenvalue weighted by Crippen LogP contribution is 2.23. The average Bonchev–Trinajstić information content (AvgIpc) is 3.03. The molecule has 0 atom stereocenters. The van der Waals surface area contributed by atoms with E-state index in [2.05, 4.69) is 5.32 Å². The number of carbonyl (C=O) groups is 2. The number of amides is 3. The maximum Gasteiger partial charge on any atom is 0.325 e. The van der Waals surface area contributed by atoms with Crippen molar-refractivity contribution in [3.8, 4) is 5.75 Å². The molecule has 2 aromatic carbocycles. The van der Waals surface area contributed by atoms with Gasteiger partial charge in [0.2, 0.25) is 5.91 Å². The van der Waals surface area contributed by atoms with Gasteiger partial charge in [-0.1, -0.05) is 25.1 Å². The molecule has 1 N–H and O–H groups in total. The molecule has 142 valence electrons. The predicted molar refractivity (Wildman–Crippen MR) is 106 cm³/mol. The summed E-state index contributed by atoms with van der Waals surface area (Å²) in [6.45, 7) is 5.71. The van der Waals surface area contributed by atoms with Crippen LogP contribution in [0, 0.1) is 0 Å². The number of nitrogens with zero attached hydrogens (tertiary/aromatic N) is 2. The zero-order chi connectivity index (χ0) is 19.2. The van der Waals surface area contributed by atoms with E-state index >= 15 is 0 Å². The van der Waals surface area contributed by atoms with Gasteiger partial charge in [0.15, 0.2) is 0 Å². The van der Waals surface area contributed by atoms with Gasteiger partial charge in [0.1, 0.15) is 12.3 Å². The Kier molecular flexibility index (Phi) is 5.96. The Balaban J connectivity index is 1.60. The lowest BCUT2D eigenvalue weighted by atomic mass is 10.1. The van der Waals surface area contributed by atoms with Crippen LogP contribution < -0.4 is 15.0 Å². The molecule has 3 amide bonds. The first kappa shape index (κ1) is 18.8. The fourth-order valence-corrected chi connectivity index (χ4v) is 3.17. The van der Waals surface area contributed by atoms with E-state index in [1.165, 1.54) is 0 Å². The van der Waals surface area contributed by atoms with E-state index in [4.69, 9.17) is 4.74 Å². The van der Waals surface area contributed by atoms with Crippen LogP contribution >= 0.6 is 0 Å². The number of aryl methyl sites for hydroxylation is 1. The number of hydrogen-bond donors (Lipinski definition) is 1. The van der Waals surface area contributed by atoms with Gasteiger partial charge in [0.05, 0.1) is 6.61 Å². The number of anilines is 2. The molecule has 0 aliphatic carbocycles. The van der Waals surface area contributed by atoms with Gasteiger partial charge in [-0.3, -0.25) is 9.69 Å². The van der Waals surface area contributed by atoms with Crippen LogP contribution in [0.1, 0.15) is 19.4 Å². The number of urea groups is 1. The number of rotatable bonds is 7. The molecular formula is C21H25N3O3. The Hall–Kier alpha value is -3.02. The monoisotopic (exact) mass is 367 g/mol. The highest BCUT2D eigenvalue weighted by molar-refractivity contribution is 5.99. The molecule has 0 aromatic heterocycles. The lowest BCUT2D eigenvalue weighted by Gasteiger charge is -2.19. The summed E-state index contributed by atoms with van der Waals surface area (Å²) in [7, 11) is 0. The van der Waals surface area contributed by atoms with Crippen molar-refractivity contribution in [2.45, 2.75) is 20.3 Å². The first-order valence-corrected chi connectivity index (χ1v) is 9.29. The van der Waals surface area contributed by atoms with Gasteiger partial charge in [-0.05, 0) is 49.2 Å². The van der Waals surface area contributed by atoms with Crippen LogP contribution in [-0.4, -0.2) is 43.1 Å². The molecule has 0 bridgehead atoms. The zero-order valence-corrected chi connectivity index (χ0v) is 15.8. The van der Waals surface area contributed by atoms with Crippen molar-refractivity contribution in [2.75, 3.05) is 36.5 Å². The summed E-state index contributed by atoms with van der Waals surface area (Å²) < 4.78 is 5.43. The molecule has 0 radical (unpaired) electrons. The van der Waals surface area contributed by atoms with E-state index in [-0.39, 0.29) is 18.5 Å². The van der Waals surface area contributed by atoms with Crippen LogP contribution in [-0.2, 0) is 11.2 Å². The molecule has 6 nitrogen and oxygen atoms in total. The molecule has 0 spiro atoms. The molecule has 1 saturated heterocycles. The molecule has 2 aromatic rings. The Bertz CT molecular complexity index is 805. The molecule has 1 heterocycles. The maximum atomic E-state index is 12.7. The highest BCUT2D eigenvalue weighted by Gasteiger charge is 2.30. The number of hydrogen-bond acceptors (Lipinski definition) is 3. The van der Waals surface area contributed by atoms with Gasteiger partial charge < -0.3 is 15.0 Å². The third kappa shape index (κ3) is 4.39. The second kappa shape index (κ2) is 8.58. The quantitative estimate of drug-likeness (QED) is 0.814. The molecule has 1 fully saturated rings. The van der Waals surface area contributed by atoms with Gasteiger partial charge in [-0.15, -0.1) is 0 Å². The van der Waals surface area contributed by atoms with Crippen molar-refractivity contribution in [3.05, 3.63) is 54.1 Å². The highest BCUT2D eigenvalue weighted by atomic mass is 16.5. The van der Waals surface area contributed by atoms with Crippen LogP contribution in [0.2, 0.25) is 0 Å². The molecule has 3 rings (SSSR count). The van der Waals surface area contributed by atoms with Gasteiger partial charge in [0, 0.05) is 24.5 Å². The summed E-state index contributed by atoms with van der Waals surface area (Å²) in [4.78, 5) is 28.3. The average molecular weight is 367 g/mol. The standard InChI is InChI=1S/C21H25N3O3/c1-3-16-7-5-6-8-19(16)22-20(25)15-23-13-14-24(21(23)26)17-9-11-18(12-10-17)27-4-2/h5-12H,3-4,13-15H2,1-2H3,(H,22,25). The molecule has 1 aliphatic rings. The maximum absolute atomic E-state index is 12.7. The Labute approximate surface area is 159 Å². The number of para-hydroxylation sites is 1. The summed E-state index contributed by atoms with van der Waals surface area (Å²) in [5.41, 5.74) is 2.69. The second-order valence-electron chi connectivity index (χ2n) is 6.34. The van der Waals surface area contributed by atoms with E-state index in [1.807, 2.05) is 62.4 Å². The van der Waals surface area contributed by atoms with E-state index in [0.29, 0.717) is 19.7 Å². The van der Waals surface area contributed by atoms with E-state index in [0.717, 1.165) is 29.1 Å². The van der Waals surface area contributed by atoms with E-state index in [9.17, 15) is 9.59 Å². The molecule has 0 saturated carbocycles. The first-order valence-electron chi connectivity index (χ1n) is 9.29. The van der Waals surface area contributed by atoms with E-state index < -0.39 is 0 Å². The van der Waals surface area contributed by atoms with Gasteiger partial charge in [-0.2, -0.15) is 0 Å². The fourth-order valence-electron chi connectivity index (χ4n) is 3.17. The molecular weight excluding hydrogens is 342 g/mol. The topological polar surface area (TPSA) is 61.9 Å². The van der Waals surface area contributed by atoms with Crippen molar-refractivity contribution in [1.82, 2.24) is 4.90 Å². The summed E-state index contributed by atoms with van der Waals surface area (Å²) in [6, 6.07) is 15.0. The number of ether oxygens (including phenoxy) is 1. The Morgan fingerprint density at radius 1 is 1.07 bits per heavy atom. The minimum atomic E-state index is -0.183. The van der Waals surface area contributed by atoms with E-state index in [1.54, 1.807) is 9.80 Å². The summed E-state index contributed by atoms with van der Waals surface area (Å²) in [5.74, 6) is 0.594. The van der Waals surface area contributed by atoms with Crippen molar-refractivity contribution < 1.29 is 14.3 Å². The predicted octanol–water partition coefficient (Wildman–Crippen LogP) is 3.53. The van der Waals surface area contributed by atoms with Gasteiger partial charge in [-0.25, -0.2) is 4.79 Å². The van der Waals surface area contributed by atoms with Gasteiger partial charge in [0.25, 0.3) is 0 Å². The first-order chi connectivity index (χ1) is 13.1. The van der Waals surface area contributed by atoms with Crippen LogP contribution in [0.4, 0.5) is 16.2 Å². The molecule has 27 heavy (non-hydrogen) atoms. The van der Waals surface area contributed by atoms with Crippen molar-refractivity contribution in [1.29, 1.82) is 0 Å². The minimum Gasteiger partial charge on any atom is -0.494 e. The smallest absolute Gasteiger partial charge is 0.325 e. The van der Waals surface area contributed by atoms with Crippen molar-refractivity contribution >= 4 is 23.3 Å². The van der Waals surface area contributed by atoms with Crippen molar-refractivity contribution in [3.63, 3.8) is 0 Å². The second-order valence-corrected chi connectivity index (χ2v) is 6.34. The third-order valence-electron chi connectivity index (χ3n) is 4.56. The summed E-state index contributed by atoms with van der Waals surface area (Å²) in [6.07, 6.45) is 0.838. The van der Waals surface area contributed by atoms with Crippen LogP contribution in [0.5, 0.6) is 5.75 Å².